The van der Waals surface area contributed by atoms with Gasteiger partial charge in [0.05, 0.1) is 6.54 Å². The standard InChI is InChI=1S/C16H30N2O2/c1-2-3-6-13-9-15(17-14-7-4-5-8-14)11-18(10-13)12-16(19)20/h13-15,17H,2-12H2,1H3,(H,19,20). The number of nitrogens with one attached hydrogen (secondary N) is 1. The van der Waals surface area contributed by atoms with Gasteiger partial charge in [-0.25, -0.2) is 0 Å². The number of carboxylic acids is 1. The van der Waals surface area contributed by atoms with Gasteiger partial charge in [0.2, 0.25) is 0 Å². The minimum absolute atomic E-state index is 0.200. The minimum atomic E-state index is -0.694. The van der Waals surface area contributed by atoms with Gasteiger partial charge in [-0.05, 0) is 31.6 Å². The molecule has 4 nitrogen and oxygen atoms in total. The summed E-state index contributed by atoms with van der Waals surface area (Å²) in [6, 6.07) is 1.17. The predicted molar refractivity (Wildman–Crippen MR) is 80.9 cm³/mol. The van der Waals surface area contributed by atoms with Crippen molar-refractivity contribution in [1.29, 1.82) is 0 Å². The van der Waals surface area contributed by atoms with Crippen molar-refractivity contribution in [2.45, 2.75) is 70.4 Å². The van der Waals surface area contributed by atoms with Crippen LogP contribution in [-0.4, -0.2) is 47.7 Å². The molecular formula is C16H30N2O2. The van der Waals surface area contributed by atoms with E-state index in [4.69, 9.17) is 5.11 Å². The Bertz CT molecular complexity index is 303. The maximum absolute atomic E-state index is 11.0. The maximum atomic E-state index is 11.0. The molecule has 2 fully saturated rings. The predicted octanol–water partition coefficient (Wildman–Crippen LogP) is 2.48. The zero-order valence-electron chi connectivity index (χ0n) is 12.8. The van der Waals surface area contributed by atoms with Crippen molar-refractivity contribution >= 4 is 5.97 Å². The summed E-state index contributed by atoms with van der Waals surface area (Å²) in [5.41, 5.74) is 0. The second-order valence-electron chi connectivity index (χ2n) is 6.68. The SMILES string of the molecule is CCCCC1CC(NC2CCCC2)CN(CC(=O)O)C1. The topological polar surface area (TPSA) is 52.6 Å². The molecule has 1 saturated heterocycles. The van der Waals surface area contributed by atoms with Crippen molar-refractivity contribution in [3.63, 3.8) is 0 Å². The van der Waals surface area contributed by atoms with E-state index >= 15 is 0 Å². The number of carbonyl (C=O) groups is 1. The third-order valence-corrected chi connectivity index (χ3v) is 4.76. The van der Waals surface area contributed by atoms with E-state index in [0.29, 0.717) is 18.0 Å². The maximum Gasteiger partial charge on any atom is 0.317 e. The summed E-state index contributed by atoms with van der Waals surface area (Å²) in [5, 5.41) is 12.8. The molecule has 2 unspecified atom stereocenters. The molecule has 2 rings (SSSR count). The first kappa shape index (κ1) is 15.8. The van der Waals surface area contributed by atoms with E-state index in [2.05, 4.69) is 17.1 Å². The van der Waals surface area contributed by atoms with Gasteiger partial charge in [0.25, 0.3) is 0 Å². The fourth-order valence-electron chi connectivity index (χ4n) is 3.87. The van der Waals surface area contributed by atoms with Gasteiger partial charge in [-0.3, -0.25) is 9.69 Å². The molecule has 1 aliphatic heterocycles. The van der Waals surface area contributed by atoms with Crippen molar-refractivity contribution in [1.82, 2.24) is 10.2 Å². The molecule has 0 amide bonds. The van der Waals surface area contributed by atoms with Crippen LogP contribution in [0.4, 0.5) is 0 Å². The first-order valence-electron chi connectivity index (χ1n) is 8.37. The van der Waals surface area contributed by atoms with Gasteiger partial charge < -0.3 is 10.4 Å². The first-order chi connectivity index (χ1) is 9.67. The number of aliphatic carboxylic acids is 1. The molecule has 116 valence electrons. The molecular weight excluding hydrogens is 252 g/mol. The molecule has 1 heterocycles. The normalized spacial score (nSPS) is 28.9. The fraction of sp³-hybridized carbons (Fsp3) is 0.938. The largest absolute Gasteiger partial charge is 0.480 e. The van der Waals surface area contributed by atoms with Crippen LogP contribution >= 0.6 is 0 Å². The third-order valence-electron chi connectivity index (χ3n) is 4.76. The van der Waals surface area contributed by atoms with E-state index in [0.717, 1.165) is 13.1 Å². The zero-order valence-corrected chi connectivity index (χ0v) is 12.8. The van der Waals surface area contributed by atoms with Crippen LogP contribution in [0.3, 0.4) is 0 Å². The fourth-order valence-corrected chi connectivity index (χ4v) is 3.87. The Morgan fingerprint density at radius 3 is 2.65 bits per heavy atom. The molecule has 0 aromatic rings. The molecule has 0 aromatic carbocycles. The molecule has 4 heteroatoms. The Kier molecular flexibility index (Phi) is 6.30. The Balaban J connectivity index is 1.86. The number of unbranched alkanes of at least 4 members (excludes halogenated alkanes) is 1. The second-order valence-corrected chi connectivity index (χ2v) is 6.68. The van der Waals surface area contributed by atoms with Crippen LogP contribution in [0, 0.1) is 5.92 Å². The highest BCUT2D eigenvalue weighted by atomic mass is 16.4. The molecule has 2 atom stereocenters. The van der Waals surface area contributed by atoms with Crippen LogP contribution < -0.4 is 5.32 Å². The lowest BCUT2D eigenvalue weighted by Gasteiger charge is -2.38. The minimum Gasteiger partial charge on any atom is -0.480 e. The van der Waals surface area contributed by atoms with Crippen LogP contribution in [0.25, 0.3) is 0 Å². The molecule has 0 bridgehead atoms. The van der Waals surface area contributed by atoms with Gasteiger partial charge in [-0.1, -0.05) is 32.6 Å². The van der Waals surface area contributed by atoms with Crippen LogP contribution in [0.15, 0.2) is 0 Å². The monoisotopic (exact) mass is 282 g/mol. The molecule has 0 radical (unpaired) electrons. The summed E-state index contributed by atoms with van der Waals surface area (Å²) in [6.45, 7) is 4.30. The summed E-state index contributed by atoms with van der Waals surface area (Å²) in [6.07, 6.45) is 10.3. The number of piperidine rings is 1. The number of likely N-dealkylation sites (tertiary alicyclic amines) is 1. The van der Waals surface area contributed by atoms with E-state index < -0.39 is 5.97 Å². The van der Waals surface area contributed by atoms with Crippen LogP contribution in [0.5, 0.6) is 0 Å². The van der Waals surface area contributed by atoms with Gasteiger partial charge in [0.1, 0.15) is 0 Å². The van der Waals surface area contributed by atoms with E-state index in [1.165, 1.54) is 51.4 Å². The lowest BCUT2D eigenvalue weighted by Crippen LogP contribution is -2.52. The molecule has 20 heavy (non-hydrogen) atoms. The molecule has 0 spiro atoms. The molecule has 2 aliphatic rings. The third kappa shape index (κ3) is 5.06. The number of hydrogen-bond acceptors (Lipinski definition) is 3. The number of rotatable bonds is 7. The average molecular weight is 282 g/mol. The smallest absolute Gasteiger partial charge is 0.317 e. The Labute approximate surface area is 122 Å². The van der Waals surface area contributed by atoms with Gasteiger partial charge in [-0.2, -0.15) is 0 Å². The van der Waals surface area contributed by atoms with E-state index in [-0.39, 0.29) is 6.54 Å². The molecule has 1 saturated carbocycles. The Hall–Kier alpha value is -0.610. The van der Waals surface area contributed by atoms with Gasteiger partial charge >= 0.3 is 5.97 Å². The van der Waals surface area contributed by atoms with Gasteiger partial charge in [0, 0.05) is 25.2 Å². The van der Waals surface area contributed by atoms with Gasteiger partial charge in [-0.15, -0.1) is 0 Å². The van der Waals surface area contributed by atoms with Crippen LogP contribution in [0.1, 0.15) is 58.3 Å². The quantitative estimate of drug-likeness (QED) is 0.753. The van der Waals surface area contributed by atoms with Crippen molar-refractivity contribution in [2.24, 2.45) is 5.92 Å². The van der Waals surface area contributed by atoms with E-state index in [1.54, 1.807) is 0 Å². The molecule has 0 aromatic heterocycles. The Morgan fingerprint density at radius 1 is 1.25 bits per heavy atom. The lowest BCUT2D eigenvalue weighted by molar-refractivity contribution is -0.138. The van der Waals surface area contributed by atoms with Crippen molar-refractivity contribution in [3.05, 3.63) is 0 Å². The molecule has 1 aliphatic carbocycles. The first-order valence-corrected chi connectivity index (χ1v) is 8.37. The molecule has 2 N–H and O–H groups in total. The highest BCUT2D eigenvalue weighted by molar-refractivity contribution is 5.69. The summed E-state index contributed by atoms with van der Waals surface area (Å²) in [5.74, 6) is -0.0253. The van der Waals surface area contributed by atoms with E-state index in [9.17, 15) is 4.79 Å². The summed E-state index contributed by atoms with van der Waals surface area (Å²) in [4.78, 5) is 13.1. The summed E-state index contributed by atoms with van der Waals surface area (Å²) >= 11 is 0. The number of carboxylic acid groups (broad SMARTS) is 1. The van der Waals surface area contributed by atoms with E-state index in [1.807, 2.05) is 0 Å². The average Bonchev–Trinajstić information content (AvgIpc) is 2.88. The summed E-state index contributed by atoms with van der Waals surface area (Å²) < 4.78 is 0. The highest BCUT2D eigenvalue weighted by Crippen LogP contribution is 2.25. The number of nitrogens with zero attached hydrogens (tertiary/aromatic N) is 1. The van der Waals surface area contributed by atoms with Crippen molar-refractivity contribution < 1.29 is 9.90 Å². The van der Waals surface area contributed by atoms with Crippen LogP contribution in [0.2, 0.25) is 0 Å². The Morgan fingerprint density at radius 2 is 2.00 bits per heavy atom. The van der Waals surface area contributed by atoms with Crippen molar-refractivity contribution in [2.75, 3.05) is 19.6 Å². The zero-order chi connectivity index (χ0) is 14.4. The van der Waals surface area contributed by atoms with Crippen LogP contribution in [-0.2, 0) is 4.79 Å². The van der Waals surface area contributed by atoms with Crippen molar-refractivity contribution in [3.8, 4) is 0 Å². The highest BCUT2D eigenvalue weighted by Gasteiger charge is 2.29. The lowest BCUT2D eigenvalue weighted by atomic mass is 9.89. The van der Waals surface area contributed by atoms with Gasteiger partial charge in [0.15, 0.2) is 0 Å². The summed E-state index contributed by atoms with van der Waals surface area (Å²) in [7, 11) is 0. The number of hydrogen-bond donors (Lipinski definition) is 2. The second kappa shape index (κ2) is 7.99.